The fraction of sp³-hybridized carbons (Fsp3) is 0.380. The number of amides is 4. The van der Waals surface area contributed by atoms with Crippen molar-refractivity contribution in [2.75, 3.05) is 104 Å². The van der Waals surface area contributed by atoms with E-state index in [0.29, 0.717) is 132 Å². The third kappa shape index (κ3) is 14.3. The number of benzene rings is 3. The van der Waals surface area contributed by atoms with Crippen molar-refractivity contribution in [2.24, 2.45) is 7.05 Å². The Bertz CT molecular complexity index is 2710. The van der Waals surface area contributed by atoms with Crippen LogP contribution in [-0.2, 0) is 51.5 Å². The molecule has 3 N–H and O–H groups in total. The quantitative estimate of drug-likeness (QED) is 0.0403. The largest absolute Gasteiger partial charge is 0.445 e. The number of carbonyl (C=O) groups excluding carboxylic acids is 4. The summed E-state index contributed by atoms with van der Waals surface area (Å²) in [6.45, 7) is 10.5. The number of anilines is 1. The summed E-state index contributed by atoms with van der Waals surface area (Å²) in [6.07, 6.45) is 3.82. The van der Waals surface area contributed by atoms with E-state index in [-0.39, 0.29) is 42.6 Å². The van der Waals surface area contributed by atoms with Crippen LogP contribution in [0.5, 0.6) is 11.8 Å². The predicted molar refractivity (Wildman–Crippen MR) is 260 cm³/mol. The molecular weight excluding hydrogens is 910 g/mol. The Morgan fingerprint density at radius 2 is 1.54 bits per heavy atom. The smallest absolute Gasteiger partial charge is 0.300 e. The van der Waals surface area contributed by atoms with Gasteiger partial charge in [0, 0.05) is 80.4 Å². The Morgan fingerprint density at radius 3 is 2.23 bits per heavy atom. The van der Waals surface area contributed by atoms with Crippen LogP contribution in [0.25, 0.3) is 33.1 Å². The van der Waals surface area contributed by atoms with Gasteiger partial charge in [-0.05, 0) is 72.7 Å². The minimum atomic E-state index is -0.281. The molecule has 6 aromatic rings. The van der Waals surface area contributed by atoms with Gasteiger partial charge in [-0.1, -0.05) is 30.3 Å². The van der Waals surface area contributed by atoms with Crippen LogP contribution in [0, 0.1) is 6.92 Å². The Balaban J connectivity index is 0.663. The standard InChI is InChI=1S/C50H58ClN7O11/c1-4-46(60)57-17-18-58(47(61)33-57)48-12-9-37(68-48)8-11-45(59)52-14-19-63-21-23-65-25-27-67-28-26-66-24-22-64-20-15-53-49(62)39-30-38(7-5-34(39)2)69-50-54-42-31-40(41(51)32-43(42)55-50)35-6-10-44-36(29-35)13-16-56(44)3/h4-7,9-10,12-13,16,29-32H,1,8,11,14-15,17-28,33H2,2-3H3,(H,52,59)(H,53,62)(H,54,55). The lowest BCUT2D eigenvalue weighted by Gasteiger charge is -2.32. The van der Waals surface area contributed by atoms with E-state index in [4.69, 9.17) is 44.4 Å². The third-order valence-electron chi connectivity index (χ3n) is 11.2. The molecule has 0 bridgehead atoms. The summed E-state index contributed by atoms with van der Waals surface area (Å²) < 4.78 is 41.7. The molecule has 0 atom stereocenters. The zero-order valence-electron chi connectivity index (χ0n) is 38.9. The molecule has 3 aromatic heterocycles. The third-order valence-corrected chi connectivity index (χ3v) is 11.5. The average Bonchev–Trinajstić information content (AvgIpc) is 4.09. The van der Waals surface area contributed by atoms with Gasteiger partial charge in [-0.25, -0.2) is 0 Å². The number of nitrogens with zero attached hydrogens (tertiary/aromatic N) is 4. The summed E-state index contributed by atoms with van der Waals surface area (Å²) in [5, 5.41) is 7.43. The SMILES string of the molecule is C=CC(=O)N1CCN(c2ccc(CCC(=O)NCCOCCOCCOCCOCCOCCNC(=O)c3cc(Oc4nc5cc(-c6ccc7c(ccn7C)c6)c(Cl)cc5[nH]4)ccc3C)o2)C(=O)C1. The molecule has 0 saturated carbocycles. The van der Waals surface area contributed by atoms with E-state index in [9.17, 15) is 19.2 Å². The van der Waals surface area contributed by atoms with Crippen LogP contribution in [0.2, 0.25) is 5.02 Å². The Labute approximate surface area is 404 Å². The molecule has 4 amide bonds. The van der Waals surface area contributed by atoms with Crippen molar-refractivity contribution < 1.29 is 52.0 Å². The molecule has 0 aliphatic carbocycles. The van der Waals surface area contributed by atoms with Crippen LogP contribution < -0.4 is 20.3 Å². The van der Waals surface area contributed by atoms with Crippen molar-refractivity contribution in [2.45, 2.75) is 19.8 Å². The van der Waals surface area contributed by atoms with E-state index in [2.05, 4.69) is 49.9 Å². The molecule has 1 saturated heterocycles. The number of rotatable bonds is 27. The highest BCUT2D eigenvalue weighted by Gasteiger charge is 2.29. The molecule has 4 heterocycles. The highest BCUT2D eigenvalue weighted by molar-refractivity contribution is 6.34. The number of hydrogen-bond acceptors (Lipinski definition) is 12. The molecule has 69 heavy (non-hydrogen) atoms. The van der Waals surface area contributed by atoms with Gasteiger partial charge in [0.15, 0.2) is 0 Å². The molecule has 366 valence electrons. The van der Waals surface area contributed by atoms with Crippen LogP contribution in [0.15, 0.2) is 90.0 Å². The number of fused-ring (bicyclic) bond motifs is 2. The number of ether oxygens (including phenoxy) is 6. The second kappa shape index (κ2) is 25.2. The number of hydrogen-bond donors (Lipinski definition) is 3. The Hall–Kier alpha value is -6.54. The lowest BCUT2D eigenvalue weighted by atomic mass is 10.0. The molecule has 0 unspecified atom stereocenters. The number of aromatic amines is 1. The molecule has 1 aliphatic rings. The number of furan rings is 1. The van der Waals surface area contributed by atoms with Crippen molar-refractivity contribution in [1.29, 1.82) is 0 Å². The van der Waals surface area contributed by atoms with Gasteiger partial charge in [-0.3, -0.25) is 24.1 Å². The fourth-order valence-electron chi connectivity index (χ4n) is 7.52. The maximum absolute atomic E-state index is 13.1. The average molecular weight is 969 g/mol. The highest BCUT2D eigenvalue weighted by Crippen LogP contribution is 2.35. The van der Waals surface area contributed by atoms with Crippen LogP contribution in [0.1, 0.15) is 28.1 Å². The normalized spacial score (nSPS) is 12.8. The summed E-state index contributed by atoms with van der Waals surface area (Å²) in [5.41, 5.74) is 5.71. The van der Waals surface area contributed by atoms with Crippen molar-refractivity contribution in [1.82, 2.24) is 30.1 Å². The van der Waals surface area contributed by atoms with Gasteiger partial charge in [0.2, 0.25) is 23.6 Å². The van der Waals surface area contributed by atoms with Crippen LogP contribution >= 0.6 is 11.6 Å². The number of imidazole rings is 1. The van der Waals surface area contributed by atoms with Gasteiger partial charge < -0.3 is 57.9 Å². The van der Waals surface area contributed by atoms with Crippen LogP contribution in [0.4, 0.5) is 5.88 Å². The number of piperazine rings is 1. The number of carbonyl (C=O) groups is 4. The first-order valence-electron chi connectivity index (χ1n) is 22.8. The highest BCUT2D eigenvalue weighted by atomic mass is 35.5. The molecule has 3 aromatic carbocycles. The summed E-state index contributed by atoms with van der Waals surface area (Å²) in [4.78, 5) is 60.4. The second-order valence-electron chi connectivity index (χ2n) is 16.1. The molecule has 0 spiro atoms. The molecule has 19 heteroatoms. The molecule has 0 radical (unpaired) electrons. The Kier molecular flexibility index (Phi) is 18.4. The van der Waals surface area contributed by atoms with Crippen LogP contribution in [0.3, 0.4) is 0 Å². The number of H-pyrrole nitrogens is 1. The molecule has 18 nitrogen and oxygen atoms in total. The maximum atomic E-state index is 13.1. The first-order valence-corrected chi connectivity index (χ1v) is 23.2. The fourth-order valence-corrected chi connectivity index (χ4v) is 7.79. The molecular formula is C50H58ClN7O11. The first kappa shape index (κ1) is 50.3. The van der Waals surface area contributed by atoms with Crippen molar-refractivity contribution in [3.63, 3.8) is 0 Å². The number of nitrogens with one attached hydrogen (secondary N) is 3. The molecule has 1 fully saturated rings. The summed E-state index contributed by atoms with van der Waals surface area (Å²) in [7, 11) is 2.02. The van der Waals surface area contributed by atoms with E-state index in [0.717, 1.165) is 33.1 Å². The maximum Gasteiger partial charge on any atom is 0.300 e. The Morgan fingerprint density at radius 1 is 0.841 bits per heavy atom. The van der Waals surface area contributed by atoms with E-state index >= 15 is 0 Å². The van der Waals surface area contributed by atoms with Crippen LogP contribution in [-0.4, -0.2) is 142 Å². The first-order chi connectivity index (χ1) is 33.6. The van der Waals surface area contributed by atoms with E-state index < -0.39 is 0 Å². The monoisotopic (exact) mass is 967 g/mol. The van der Waals surface area contributed by atoms with Crippen molar-refractivity contribution in [3.05, 3.63) is 107 Å². The molecule has 7 rings (SSSR count). The number of halogens is 1. The van der Waals surface area contributed by atoms with Crippen molar-refractivity contribution >= 4 is 63.1 Å². The van der Waals surface area contributed by atoms with Crippen molar-refractivity contribution in [3.8, 4) is 22.9 Å². The summed E-state index contributed by atoms with van der Waals surface area (Å²) >= 11 is 6.72. The van der Waals surface area contributed by atoms with Gasteiger partial charge >= 0.3 is 0 Å². The minimum absolute atomic E-state index is 0.0347. The van der Waals surface area contributed by atoms with Gasteiger partial charge in [0.05, 0.1) is 82.1 Å². The lowest BCUT2D eigenvalue weighted by Crippen LogP contribution is -2.52. The number of aromatic nitrogens is 3. The predicted octanol–water partition coefficient (Wildman–Crippen LogP) is 5.99. The van der Waals surface area contributed by atoms with E-state index in [1.165, 1.54) is 15.9 Å². The van der Waals surface area contributed by atoms with Gasteiger partial charge in [-0.2, -0.15) is 4.98 Å². The number of aryl methyl sites for hydroxylation is 3. The van der Waals surface area contributed by atoms with Gasteiger partial charge in [0.1, 0.15) is 18.1 Å². The van der Waals surface area contributed by atoms with Gasteiger partial charge in [0.25, 0.3) is 11.9 Å². The zero-order chi connectivity index (χ0) is 48.5. The zero-order valence-corrected chi connectivity index (χ0v) is 39.6. The minimum Gasteiger partial charge on any atom is -0.445 e. The van der Waals surface area contributed by atoms with E-state index in [1.54, 1.807) is 24.3 Å². The topological polar surface area (TPSA) is 201 Å². The molecule has 1 aliphatic heterocycles. The lowest BCUT2D eigenvalue weighted by molar-refractivity contribution is -0.133. The summed E-state index contributed by atoms with van der Waals surface area (Å²) in [6, 6.07) is 21.1. The summed E-state index contributed by atoms with van der Waals surface area (Å²) in [5.74, 6) is 0.546. The van der Waals surface area contributed by atoms with E-state index in [1.807, 2.05) is 44.4 Å². The second-order valence-corrected chi connectivity index (χ2v) is 16.5. The van der Waals surface area contributed by atoms with Gasteiger partial charge in [-0.15, -0.1) is 0 Å².